The quantitative estimate of drug-likeness (QED) is 0.210. The van der Waals surface area contributed by atoms with Gasteiger partial charge in [0, 0.05) is 16.5 Å². The van der Waals surface area contributed by atoms with Gasteiger partial charge in [0.25, 0.3) is 0 Å². The Hall–Kier alpha value is -4.16. The fourth-order valence-electron chi connectivity index (χ4n) is 4.81. The van der Waals surface area contributed by atoms with E-state index in [0.717, 1.165) is 44.5 Å². The van der Waals surface area contributed by atoms with Crippen molar-refractivity contribution in [2.24, 2.45) is 0 Å². The number of fused-ring (bicyclic) bond motifs is 6. The van der Waals surface area contributed by atoms with Gasteiger partial charge in [-0.25, -0.2) is 4.98 Å². The smallest absolute Gasteiger partial charge is 0.306 e. The van der Waals surface area contributed by atoms with E-state index >= 15 is 0 Å². The number of nitrogens with zero attached hydrogens (tertiary/aromatic N) is 2. The molecule has 0 atom stereocenters. The lowest BCUT2D eigenvalue weighted by atomic mass is 10.00. The summed E-state index contributed by atoms with van der Waals surface area (Å²) < 4.78 is 31.9. The molecular formula is C29H22N2O3S. The second kappa shape index (κ2) is 7.96. The van der Waals surface area contributed by atoms with Crippen LogP contribution in [0.15, 0.2) is 97.1 Å². The topological polar surface area (TPSA) is 61.2 Å². The second-order valence-corrected chi connectivity index (χ2v) is 10.2. The molecule has 172 valence electrons. The summed E-state index contributed by atoms with van der Waals surface area (Å²) in [5.74, 6) is 0.908. The Kier molecular flexibility index (Phi) is 4.86. The Bertz CT molecular complexity index is 1860. The molecule has 5 nitrogen and oxygen atoms in total. The molecule has 0 N–H and O–H groups in total. The lowest BCUT2D eigenvalue weighted by Crippen LogP contribution is -2.09. The van der Waals surface area contributed by atoms with Crippen LogP contribution in [0.1, 0.15) is 5.56 Å². The highest BCUT2D eigenvalue weighted by molar-refractivity contribution is 7.86. The van der Waals surface area contributed by atoms with Crippen molar-refractivity contribution in [1.82, 2.24) is 9.55 Å². The first-order chi connectivity index (χ1) is 16.9. The molecule has 6 aromatic rings. The van der Waals surface area contributed by atoms with E-state index in [1.807, 2.05) is 79.7 Å². The maximum absolute atomic E-state index is 12.2. The maximum Gasteiger partial charge on any atom is 0.306 e. The summed E-state index contributed by atoms with van der Waals surface area (Å²) in [5.41, 5.74) is 4.08. The van der Waals surface area contributed by atoms with Crippen molar-refractivity contribution in [3.63, 3.8) is 0 Å². The van der Waals surface area contributed by atoms with Crippen molar-refractivity contribution in [1.29, 1.82) is 0 Å². The molecule has 0 aliphatic rings. The minimum absolute atomic E-state index is 0.288. The summed E-state index contributed by atoms with van der Waals surface area (Å²) >= 11 is 0. The first kappa shape index (κ1) is 21.4. The van der Waals surface area contributed by atoms with Gasteiger partial charge in [0.2, 0.25) is 0 Å². The fourth-order valence-corrected chi connectivity index (χ4v) is 5.33. The van der Waals surface area contributed by atoms with Crippen LogP contribution in [0, 0.1) is 6.92 Å². The predicted molar refractivity (Wildman–Crippen MR) is 142 cm³/mol. The van der Waals surface area contributed by atoms with Gasteiger partial charge in [-0.1, -0.05) is 78.9 Å². The minimum atomic E-state index is -3.74. The van der Waals surface area contributed by atoms with Gasteiger partial charge in [0.05, 0.1) is 22.9 Å². The SMILES string of the molecule is Cc1cccc(-c2nc3c4ccccc4c4ccccc4c3n2-c2ccccc2)c1OS(C)(=O)=O. The van der Waals surface area contributed by atoms with Gasteiger partial charge >= 0.3 is 10.1 Å². The summed E-state index contributed by atoms with van der Waals surface area (Å²) in [6.45, 7) is 1.84. The van der Waals surface area contributed by atoms with Gasteiger partial charge in [-0.2, -0.15) is 8.42 Å². The molecule has 0 aliphatic heterocycles. The fraction of sp³-hybridized carbons (Fsp3) is 0.0690. The Morgan fingerprint density at radius 3 is 2.00 bits per heavy atom. The molecule has 0 aliphatic carbocycles. The molecule has 0 saturated carbocycles. The van der Waals surface area contributed by atoms with Gasteiger partial charge in [-0.3, -0.25) is 4.57 Å². The number of aryl methyl sites for hydroxylation is 1. The van der Waals surface area contributed by atoms with Gasteiger partial charge in [0.1, 0.15) is 5.82 Å². The molecule has 1 heterocycles. The summed E-state index contributed by atoms with van der Waals surface area (Å²) in [4.78, 5) is 5.16. The molecule has 5 aromatic carbocycles. The van der Waals surface area contributed by atoms with Gasteiger partial charge in [-0.15, -0.1) is 0 Å². The maximum atomic E-state index is 12.2. The van der Waals surface area contributed by atoms with Crippen LogP contribution >= 0.6 is 0 Å². The first-order valence-corrected chi connectivity index (χ1v) is 13.1. The van der Waals surface area contributed by atoms with Gasteiger partial charge in [-0.05, 0) is 41.5 Å². The van der Waals surface area contributed by atoms with Crippen LogP contribution in [-0.2, 0) is 10.1 Å². The van der Waals surface area contributed by atoms with E-state index in [2.05, 4.69) is 28.8 Å². The Morgan fingerprint density at radius 1 is 0.714 bits per heavy atom. The second-order valence-electron chi connectivity index (χ2n) is 8.63. The summed E-state index contributed by atoms with van der Waals surface area (Å²) in [5, 5.41) is 4.37. The first-order valence-electron chi connectivity index (χ1n) is 11.3. The molecule has 0 bridgehead atoms. The van der Waals surface area contributed by atoms with Crippen LogP contribution in [0.3, 0.4) is 0 Å². The molecule has 0 unspecified atom stereocenters. The highest BCUT2D eigenvalue weighted by Crippen LogP contribution is 2.41. The van der Waals surface area contributed by atoms with Crippen LogP contribution in [0.2, 0.25) is 0 Å². The molecule has 0 amide bonds. The molecule has 6 heteroatoms. The largest absolute Gasteiger partial charge is 0.382 e. The number of benzene rings is 5. The lowest BCUT2D eigenvalue weighted by Gasteiger charge is -2.15. The third-order valence-electron chi connectivity index (χ3n) is 6.23. The number of rotatable bonds is 4. The molecule has 0 saturated heterocycles. The monoisotopic (exact) mass is 478 g/mol. The summed E-state index contributed by atoms with van der Waals surface area (Å²) in [6.07, 6.45) is 1.06. The molecule has 0 spiro atoms. The molecule has 6 rings (SSSR count). The van der Waals surface area contributed by atoms with E-state index in [-0.39, 0.29) is 5.75 Å². The molecule has 0 radical (unpaired) electrons. The summed E-state index contributed by atoms with van der Waals surface area (Å²) in [6, 6.07) is 32.2. The number of hydrogen-bond donors (Lipinski definition) is 0. The average Bonchev–Trinajstić information content (AvgIpc) is 3.26. The van der Waals surface area contributed by atoms with Crippen molar-refractivity contribution < 1.29 is 12.6 Å². The van der Waals surface area contributed by atoms with Crippen molar-refractivity contribution in [2.45, 2.75) is 6.92 Å². The highest BCUT2D eigenvalue weighted by atomic mass is 32.2. The van der Waals surface area contributed by atoms with Crippen LogP contribution < -0.4 is 4.18 Å². The number of aromatic nitrogens is 2. The van der Waals surface area contributed by atoms with E-state index in [1.165, 1.54) is 0 Å². The Labute approximate surface area is 203 Å². The lowest BCUT2D eigenvalue weighted by molar-refractivity contribution is 0.491. The van der Waals surface area contributed by atoms with Crippen LogP contribution in [0.5, 0.6) is 5.75 Å². The molecule has 0 fully saturated rings. The van der Waals surface area contributed by atoms with Crippen LogP contribution in [0.25, 0.3) is 49.7 Å². The third kappa shape index (κ3) is 3.54. The number of hydrogen-bond acceptors (Lipinski definition) is 4. The Morgan fingerprint density at radius 2 is 1.31 bits per heavy atom. The van der Waals surface area contributed by atoms with Gasteiger partial charge in [0.15, 0.2) is 5.75 Å². The van der Waals surface area contributed by atoms with Crippen LogP contribution in [-0.4, -0.2) is 24.2 Å². The normalized spacial score (nSPS) is 11.9. The van der Waals surface area contributed by atoms with E-state index in [9.17, 15) is 8.42 Å². The third-order valence-corrected chi connectivity index (χ3v) is 6.70. The average molecular weight is 479 g/mol. The molecular weight excluding hydrogens is 456 g/mol. The highest BCUT2D eigenvalue weighted by Gasteiger charge is 2.23. The van der Waals surface area contributed by atoms with E-state index in [4.69, 9.17) is 9.17 Å². The zero-order valence-corrected chi connectivity index (χ0v) is 20.1. The summed E-state index contributed by atoms with van der Waals surface area (Å²) in [7, 11) is -3.74. The molecule has 1 aromatic heterocycles. The zero-order chi connectivity index (χ0) is 24.2. The number of imidazole rings is 1. The van der Waals surface area contributed by atoms with Crippen molar-refractivity contribution >= 4 is 42.7 Å². The standard InChI is InChI=1S/C29H22N2O3S/c1-19-11-10-18-25(28(19)34-35(2,32)33)29-30-26-23-16-8-6-14-21(23)22-15-7-9-17-24(22)27(26)31(29)20-12-4-3-5-13-20/h3-18H,1-2H3. The van der Waals surface area contributed by atoms with Gasteiger partial charge < -0.3 is 4.18 Å². The number of para-hydroxylation sites is 2. The predicted octanol–water partition coefficient (Wildman–Crippen LogP) is 6.65. The van der Waals surface area contributed by atoms with Crippen molar-refractivity contribution in [3.8, 4) is 22.8 Å². The Balaban J connectivity index is 1.84. The molecule has 35 heavy (non-hydrogen) atoms. The van der Waals surface area contributed by atoms with Crippen molar-refractivity contribution in [2.75, 3.05) is 6.26 Å². The van der Waals surface area contributed by atoms with E-state index in [1.54, 1.807) is 0 Å². The van der Waals surface area contributed by atoms with E-state index < -0.39 is 10.1 Å². The van der Waals surface area contributed by atoms with E-state index in [0.29, 0.717) is 17.0 Å². The zero-order valence-electron chi connectivity index (χ0n) is 19.3. The minimum Gasteiger partial charge on any atom is -0.382 e. The van der Waals surface area contributed by atoms with Crippen LogP contribution in [0.4, 0.5) is 0 Å². The van der Waals surface area contributed by atoms with Crippen molar-refractivity contribution in [3.05, 3.63) is 103 Å².